The summed E-state index contributed by atoms with van der Waals surface area (Å²) in [7, 11) is 0. The SMILES string of the molecule is CC(=O)c1ccc(OC[C@H](O)CN2C(=O)N[C@@](C)(c3ccc4c(c3)OCO4)C2=O)cc1. The highest BCUT2D eigenvalue weighted by Crippen LogP contribution is 2.37. The normalized spacial score (nSPS) is 20.5. The van der Waals surface area contributed by atoms with Gasteiger partial charge in [-0.1, -0.05) is 6.07 Å². The Morgan fingerprint density at radius 1 is 1.19 bits per heavy atom. The molecule has 0 radical (unpaired) electrons. The molecule has 31 heavy (non-hydrogen) atoms. The summed E-state index contributed by atoms with van der Waals surface area (Å²) in [5.74, 6) is 0.997. The van der Waals surface area contributed by atoms with Crippen molar-refractivity contribution in [3.8, 4) is 17.2 Å². The summed E-state index contributed by atoms with van der Waals surface area (Å²) in [4.78, 5) is 37.8. The number of carbonyl (C=O) groups is 3. The predicted molar refractivity (Wildman–Crippen MR) is 108 cm³/mol. The average molecular weight is 426 g/mol. The number of urea groups is 1. The number of amides is 3. The molecule has 0 bridgehead atoms. The first kappa shape index (κ1) is 20.7. The van der Waals surface area contributed by atoms with Crippen molar-refractivity contribution < 1.29 is 33.7 Å². The largest absolute Gasteiger partial charge is 0.491 e. The van der Waals surface area contributed by atoms with Crippen molar-refractivity contribution in [3.63, 3.8) is 0 Å². The summed E-state index contributed by atoms with van der Waals surface area (Å²) in [6, 6.07) is 10.9. The summed E-state index contributed by atoms with van der Waals surface area (Å²) in [5.41, 5.74) is -0.190. The first-order valence-corrected chi connectivity index (χ1v) is 9.74. The molecule has 2 aromatic rings. The average Bonchev–Trinajstić information content (AvgIpc) is 3.31. The van der Waals surface area contributed by atoms with Crippen molar-refractivity contribution in [1.82, 2.24) is 10.2 Å². The van der Waals surface area contributed by atoms with Crippen molar-refractivity contribution in [2.24, 2.45) is 0 Å². The Kier molecular flexibility index (Phi) is 5.28. The van der Waals surface area contributed by atoms with Gasteiger partial charge in [0.25, 0.3) is 5.91 Å². The van der Waals surface area contributed by atoms with Gasteiger partial charge in [-0.2, -0.15) is 0 Å². The van der Waals surface area contributed by atoms with Gasteiger partial charge in [-0.25, -0.2) is 4.79 Å². The van der Waals surface area contributed by atoms with Crippen LogP contribution in [-0.4, -0.2) is 53.8 Å². The van der Waals surface area contributed by atoms with Gasteiger partial charge in [0.05, 0.1) is 6.54 Å². The second-order valence-corrected chi connectivity index (χ2v) is 7.58. The van der Waals surface area contributed by atoms with Crippen LogP contribution in [0.5, 0.6) is 17.2 Å². The molecule has 3 amide bonds. The third-order valence-electron chi connectivity index (χ3n) is 5.32. The lowest BCUT2D eigenvalue weighted by atomic mass is 9.91. The zero-order chi connectivity index (χ0) is 22.2. The summed E-state index contributed by atoms with van der Waals surface area (Å²) < 4.78 is 16.1. The lowest BCUT2D eigenvalue weighted by Crippen LogP contribution is -2.42. The first-order chi connectivity index (χ1) is 14.8. The lowest BCUT2D eigenvalue weighted by Gasteiger charge is -2.23. The third kappa shape index (κ3) is 3.91. The van der Waals surface area contributed by atoms with Crippen LogP contribution in [0, 0.1) is 0 Å². The molecule has 1 fully saturated rings. The summed E-state index contributed by atoms with van der Waals surface area (Å²) >= 11 is 0. The molecule has 2 atom stereocenters. The number of β-amino-alcohol motifs (C(OH)–C–C–N with tert-alkyl or cyclic N) is 1. The molecule has 2 aliphatic rings. The molecule has 9 heteroatoms. The number of benzene rings is 2. The molecule has 2 aliphatic heterocycles. The Hall–Kier alpha value is -3.59. The van der Waals surface area contributed by atoms with Crippen LogP contribution >= 0.6 is 0 Å². The maximum Gasteiger partial charge on any atom is 0.325 e. The number of hydrogen-bond acceptors (Lipinski definition) is 7. The third-order valence-corrected chi connectivity index (χ3v) is 5.32. The Morgan fingerprint density at radius 2 is 1.90 bits per heavy atom. The van der Waals surface area contributed by atoms with E-state index in [0.717, 1.165) is 4.90 Å². The highest BCUT2D eigenvalue weighted by atomic mass is 16.7. The Bertz CT molecular complexity index is 1040. The van der Waals surface area contributed by atoms with E-state index < -0.39 is 23.6 Å². The van der Waals surface area contributed by atoms with Crippen molar-refractivity contribution in [2.75, 3.05) is 19.9 Å². The van der Waals surface area contributed by atoms with Crippen molar-refractivity contribution >= 4 is 17.7 Å². The quantitative estimate of drug-likeness (QED) is 0.513. The minimum Gasteiger partial charge on any atom is -0.491 e. The van der Waals surface area contributed by atoms with Gasteiger partial charge in [-0.3, -0.25) is 14.5 Å². The van der Waals surface area contributed by atoms with Gasteiger partial charge in [0, 0.05) is 5.56 Å². The molecular formula is C22H22N2O7. The van der Waals surface area contributed by atoms with Crippen molar-refractivity contribution in [3.05, 3.63) is 53.6 Å². The monoisotopic (exact) mass is 426 g/mol. The van der Waals surface area contributed by atoms with Crippen LogP contribution in [0.3, 0.4) is 0 Å². The number of imide groups is 1. The molecule has 9 nitrogen and oxygen atoms in total. The van der Waals surface area contributed by atoms with Crippen molar-refractivity contribution in [2.45, 2.75) is 25.5 Å². The smallest absolute Gasteiger partial charge is 0.325 e. The number of nitrogens with one attached hydrogen (secondary N) is 1. The van der Waals surface area contributed by atoms with Gasteiger partial charge in [0.2, 0.25) is 6.79 Å². The van der Waals surface area contributed by atoms with Gasteiger partial charge in [0.15, 0.2) is 17.3 Å². The number of ketones is 1. The minimum atomic E-state index is -1.29. The van der Waals surface area contributed by atoms with Gasteiger partial charge in [-0.15, -0.1) is 0 Å². The standard InChI is InChI=1S/C22H22N2O7/c1-13(25)14-3-6-17(7-4-14)29-11-16(26)10-24-20(27)22(2,23-21(24)28)15-5-8-18-19(9-15)31-12-30-18/h3-9,16,26H,10-12H2,1-2H3,(H,23,28)/t16-,22+/m1/s1. The number of fused-ring (bicyclic) bond motifs is 1. The highest BCUT2D eigenvalue weighted by Gasteiger charge is 2.49. The van der Waals surface area contributed by atoms with E-state index in [0.29, 0.717) is 28.4 Å². The molecule has 1 saturated heterocycles. The summed E-state index contributed by atoms with van der Waals surface area (Å²) in [6.07, 6.45) is -1.10. The van der Waals surface area contributed by atoms with Crippen LogP contribution in [0.15, 0.2) is 42.5 Å². The molecule has 0 aromatic heterocycles. The van der Waals surface area contributed by atoms with E-state index in [2.05, 4.69) is 5.32 Å². The van der Waals surface area contributed by atoms with E-state index >= 15 is 0 Å². The van der Waals surface area contributed by atoms with Gasteiger partial charge in [-0.05, 0) is 55.8 Å². The molecule has 4 rings (SSSR count). The number of aliphatic hydroxyl groups excluding tert-OH is 1. The number of carbonyl (C=O) groups excluding carboxylic acids is 3. The van der Waals surface area contributed by atoms with Gasteiger partial charge in [0.1, 0.15) is 24.0 Å². The van der Waals surface area contributed by atoms with Crippen LogP contribution in [0.4, 0.5) is 4.79 Å². The predicted octanol–water partition coefficient (Wildman–Crippen LogP) is 1.82. The summed E-state index contributed by atoms with van der Waals surface area (Å²) in [5, 5.41) is 13.0. The van der Waals surface area contributed by atoms with Crippen LogP contribution in [0.25, 0.3) is 0 Å². The van der Waals surface area contributed by atoms with E-state index in [1.165, 1.54) is 6.92 Å². The Labute approximate surface area is 178 Å². The highest BCUT2D eigenvalue weighted by molar-refractivity contribution is 6.07. The molecule has 2 heterocycles. The molecule has 2 N–H and O–H groups in total. The molecule has 0 saturated carbocycles. The maximum atomic E-state index is 13.0. The first-order valence-electron chi connectivity index (χ1n) is 9.74. The van der Waals surface area contributed by atoms with Crippen LogP contribution in [0.1, 0.15) is 29.8 Å². The van der Waals surface area contributed by atoms with Crippen LogP contribution in [-0.2, 0) is 10.3 Å². The molecule has 0 unspecified atom stereocenters. The number of aliphatic hydroxyl groups is 1. The summed E-state index contributed by atoms with van der Waals surface area (Å²) in [6.45, 7) is 2.82. The minimum absolute atomic E-state index is 0.0596. The maximum absolute atomic E-state index is 13.0. The molecular weight excluding hydrogens is 404 g/mol. The van der Waals surface area contributed by atoms with E-state index in [1.807, 2.05) is 0 Å². The second-order valence-electron chi connectivity index (χ2n) is 7.58. The fourth-order valence-corrected chi connectivity index (χ4v) is 3.51. The number of ether oxygens (including phenoxy) is 3. The van der Waals surface area contributed by atoms with Gasteiger partial charge < -0.3 is 24.6 Å². The van der Waals surface area contributed by atoms with Crippen LogP contribution < -0.4 is 19.5 Å². The second kappa shape index (κ2) is 7.92. The Morgan fingerprint density at radius 3 is 2.61 bits per heavy atom. The fraction of sp³-hybridized carbons (Fsp3) is 0.318. The molecule has 0 aliphatic carbocycles. The van der Waals surface area contributed by atoms with E-state index in [4.69, 9.17) is 14.2 Å². The van der Waals surface area contributed by atoms with Crippen LogP contribution in [0.2, 0.25) is 0 Å². The lowest BCUT2D eigenvalue weighted by molar-refractivity contribution is -0.132. The number of nitrogens with zero attached hydrogens (tertiary/aromatic N) is 1. The zero-order valence-electron chi connectivity index (χ0n) is 17.1. The van der Waals surface area contributed by atoms with E-state index in [1.54, 1.807) is 49.4 Å². The topological polar surface area (TPSA) is 114 Å². The number of hydrogen-bond donors (Lipinski definition) is 2. The molecule has 162 valence electrons. The van der Waals surface area contributed by atoms with E-state index in [9.17, 15) is 19.5 Å². The number of Topliss-reactive ketones (excluding diaryl/α,β-unsaturated/α-hetero) is 1. The number of rotatable bonds is 7. The van der Waals surface area contributed by atoms with Gasteiger partial charge >= 0.3 is 6.03 Å². The Balaban J connectivity index is 1.40. The zero-order valence-corrected chi connectivity index (χ0v) is 17.1. The van der Waals surface area contributed by atoms with Crippen molar-refractivity contribution in [1.29, 1.82) is 0 Å². The molecule has 2 aromatic carbocycles. The van der Waals surface area contributed by atoms with E-state index in [-0.39, 0.29) is 25.7 Å². The molecule has 0 spiro atoms. The fourth-order valence-electron chi connectivity index (χ4n) is 3.51.